The number of rotatable bonds is 16. The van der Waals surface area contributed by atoms with E-state index in [-0.39, 0.29) is 4.90 Å². The van der Waals surface area contributed by atoms with Gasteiger partial charge in [-0.2, -0.15) is 11.8 Å². The predicted octanol–water partition coefficient (Wildman–Crippen LogP) is 5.97. The van der Waals surface area contributed by atoms with Crippen molar-refractivity contribution in [2.75, 3.05) is 31.9 Å². The number of sulfone groups is 1. The quantitative estimate of drug-likeness (QED) is 0.229. The Balaban J connectivity index is 1.99. The Morgan fingerprint density at radius 1 is 1.17 bits per heavy atom. The van der Waals surface area contributed by atoms with Crippen molar-refractivity contribution >= 4 is 48.9 Å². The van der Waals surface area contributed by atoms with Crippen LogP contribution in [0.4, 0.5) is 0 Å². The molecule has 1 heterocycles. The molecule has 0 radical (unpaired) electrons. The molecule has 1 atom stereocenters. The molecule has 0 fully saturated rings. The van der Waals surface area contributed by atoms with E-state index in [1.807, 2.05) is 30.0 Å². The summed E-state index contributed by atoms with van der Waals surface area (Å²) in [5.41, 5.74) is 1.20. The van der Waals surface area contributed by atoms with Crippen molar-refractivity contribution in [2.24, 2.45) is 0 Å². The van der Waals surface area contributed by atoms with E-state index in [2.05, 4.69) is 59.2 Å². The average Bonchev–Trinajstić information content (AvgIpc) is 3.24. The second-order valence-corrected chi connectivity index (χ2v) is 12.8. The van der Waals surface area contributed by atoms with Gasteiger partial charge in [-0.3, -0.25) is 4.90 Å². The summed E-state index contributed by atoms with van der Waals surface area (Å²) in [6.07, 6.45) is 2.07. The number of aryl methyl sites for hydroxylation is 1. The lowest BCUT2D eigenvalue weighted by molar-refractivity contribution is 0.213. The molecule has 0 aliphatic heterocycles. The molecule has 0 saturated heterocycles. The first-order chi connectivity index (χ1) is 16.8. The van der Waals surface area contributed by atoms with E-state index in [1.54, 1.807) is 24.3 Å². The Morgan fingerprint density at radius 3 is 2.49 bits per heavy atom. The van der Waals surface area contributed by atoms with Gasteiger partial charge >= 0.3 is 0 Å². The summed E-state index contributed by atoms with van der Waals surface area (Å²) >= 11 is 7.02. The number of thiazole rings is 1. The van der Waals surface area contributed by atoms with Gasteiger partial charge in [-0.25, -0.2) is 13.4 Å². The van der Waals surface area contributed by atoms with Crippen LogP contribution in [0.15, 0.2) is 44.9 Å². The summed E-state index contributed by atoms with van der Waals surface area (Å²) in [6.45, 7) is 14.2. The zero-order valence-corrected chi connectivity index (χ0v) is 25.5. The zero-order chi connectivity index (χ0) is 25.8. The third-order valence-electron chi connectivity index (χ3n) is 5.62. The molecule has 196 valence electrons. The summed E-state index contributed by atoms with van der Waals surface area (Å²) in [4.78, 5) is 9.16. The molecule has 35 heavy (non-hydrogen) atoms. The van der Waals surface area contributed by atoms with Crippen molar-refractivity contribution < 1.29 is 8.42 Å². The number of aromatic nitrogens is 1. The Hall–Kier alpha value is -1.07. The number of halogens is 1. The lowest BCUT2D eigenvalue weighted by Crippen LogP contribution is -2.29. The molecule has 2 N–H and O–H groups in total. The number of hydrogen-bond donors (Lipinski definition) is 2. The lowest BCUT2D eigenvalue weighted by atomic mass is 10.2. The van der Waals surface area contributed by atoms with Crippen molar-refractivity contribution in [1.29, 1.82) is 0 Å². The fourth-order valence-electron chi connectivity index (χ4n) is 3.85. The maximum atomic E-state index is 12.9. The van der Waals surface area contributed by atoms with Crippen LogP contribution in [0.1, 0.15) is 62.7 Å². The Kier molecular flexibility index (Phi) is 13.1. The summed E-state index contributed by atoms with van der Waals surface area (Å²) < 4.78 is 26.3. The van der Waals surface area contributed by atoms with Crippen molar-refractivity contribution in [1.82, 2.24) is 20.5 Å². The molecule has 0 spiro atoms. The van der Waals surface area contributed by atoms with Crippen LogP contribution in [-0.2, 0) is 22.0 Å². The first-order valence-electron chi connectivity index (χ1n) is 12.3. The lowest BCUT2D eigenvalue weighted by Gasteiger charge is -2.26. The highest BCUT2D eigenvalue weighted by molar-refractivity contribution is 9.10. The second kappa shape index (κ2) is 15.2. The Labute approximate surface area is 228 Å². The van der Waals surface area contributed by atoms with Gasteiger partial charge < -0.3 is 10.6 Å². The first kappa shape index (κ1) is 30.2. The normalized spacial score (nSPS) is 13.3. The van der Waals surface area contributed by atoms with Crippen LogP contribution in [0, 0.1) is 0 Å². The average molecular weight is 604 g/mol. The van der Waals surface area contributed by atoms with E-state index in [9.17, 15) is 8.42 Å². The zero-order valence-electron chi connectivity index (χ0n) is 21.4. The summed E-state index contributed by atoms with van der Waals surface area (Å²) in [6, 6.07) is 7.25. The highest BCUT2D eigenvalue weighted by Crippen LogP contribution is 2.32. The van der Waals surface area contributed by atoms with E-state index in [0.29, 0.717) is 29.4 Å². The number of thioether (sulfide) groups is 1. The van der Waals surface area contributed by atoms with Crippen LogP contribution in [-0.4, -0.2) is 50.2 Å². The van der Waals surface area contributed by atoms with E-state index in [0.717, 1.165) is 37.4 Å². The van der Waals surface area contributed by atoms with Crippen molar-refractivity contribution in [3.63, 3.8) is 0 Å². The minimum atomic E-state index is -3.58. The summed E-state index contributed by atoms with van der Waals surface area (Å²) in [5.74, 6) is 2.23. The van der Waals surface area contributed by atoms with Crippen LogP contribution in [0.3, 0.4) is 0 Å². The number of nitrogens with one attached hydrogen (secondary N) is 2. The number of nitrogens with zero attached hydrogens (tertiary/aromatic N) is 2. The Bertz CT molecular complexity index is 1050. The van der Waals surface area contributed by atoms with Crippen molar-refractivity contribution in [2.45, 2.75) is 64.2 Å². The van der Waals surface area contributed by atoms with Crippen LogP contribution >= 0.6 is 39.0 Å². The molecular weight excluding hydrogens is 564 g/mol. The topological polar surface area (TPSA) is 74.3 Å². The number of benzene rings is 1. The van der Waals surface area contributed by atoms with Gasteiger partial charge in [-0.15, -0.1) is 11.3 Å². The third-order valence-corrected chi connectivity index (χ3v) is 10.4. The van der Waals surface area contributed by atoms with E-state index in [1.165, 1.54) is 21.0 Å². The van der Waals surface area contributed by atoms with Gasteiger partial charge in [-0.1, -0.05) is 39.8 Å². The minimum Gasteiger partial charge on any atom is -0.372 e. The molecule has 1 aromatic carbocycles. The second-order valence-electron chi connectivity index (χ2n) is 7.94. The molecule has 0 aliphatic carbocycles. The maximum Gasteiger partial charge on any atom is 0.204 e. The van der Waals surface area contributed by atoms with E-state index < -0.39 is 9.84 Å². The van der Waals surface area contributed by atoms with Crippen molar-refractivity contribution in [3.05, 3.63) is 55.5 Å². The molecular formula is C25H39BrN4O2S3. The van der Waals surface area contributed by atoms with Crippen molar-refractivity contribution in [3.8, 4) is 0 Å². The highest BCUT2D eigenvalue weighted by atomic mass is 79.9. The fourth-order valence-corrected chi connectivity index (χ4v) is 8.17. The van der Waals surface area contributed by atoms with Gasteiger partial charge in [-0.05, 0) is 60.9 Å². The first-order valence-corrected chi connectivity index (χ1v) is 16.6. The molecule has 6 nitrogen and oxygen atoms in total. The molecule has 0 saturated carbocycles. The van der Waals surface area contributed by atoms with Gasteiger partial charge in [0.2, 0.25) is 9.84 Å². The summed E-state index contributed by atoms with van der Waals surface area (Å²) in [7, 11) is -3.58. The van der Waals surface area contributed by atoms with Gasteiger partial charge in [0.1, 0.15) is 10.8 Å². The summed E-state index contributed by atoms with van der Waals surface area (Å²) in [5, 5.41) is 8.90. The van der Waals surface area contributed by atoms with Gasteiger partial charge in [0.05, 0.1) is 22.0 Å². The minimum absolute atomic E-state index is 0.258. The largest absolute Gasteiger partial charge is 0.372 e. The molecule has 0 aliphatic rings. The fraction of sp³-hybridized carbons (Fsp3) is 0.560. The molecule has 2 aromatic rings. The van der Waals surface area contributed by atoms with Crippen LogP contribution in [0.2, 0.25) is 0 Å². The third kappa shape index (κ3) is 8.77. The van der Waals surface area contributed by atoms with E-state index in [4.69, 9.17) is 4.98 Å². The van der Waals surface area contributed by atoms with Gasteiger partial charge in [0.25, 0.3) is 0 Å². The van der Waals surface area contributed by atoms with Gasteiger partial charge in [0, 0.05) is 33.9 Å². The molecule has 0 amide bonds. The predicted molar refractivity (Wildman–Crippen MR) is 155 cm³/mol. The van der Waals surface area contributed by atoms with Crippen LogP contribution in [0.25, 0.3) is 0 Å². The highest BCUT2D eigenvalue weighted by Gasteiger charge is 2.21. The molecule has 2 rings (SSSR count). The monoisotopic (exact) mass is 602 g/mol. The smallest absolute Gasteiger partial charge is 0.204 e. The maximum absolute atomic E-state index is 12.9. The number of hydrogen-bond acceptors (Lipinski definition) is 8. The molecule has 1 unspecified atom stereocenters. The van der Waals surface area contributed by atoms with Crippen LogP contribution < -0.4 is 10.6 Å². The standard InChI is InChI=1S/C25H39BrN4O2S3/c1-6-21(30(9-4)10-5)25-29-20(22(7-2)34-25)17-33-16-15-28-24(27-8-3)18-35(31,32)23-14-12-11-13-19(23)26/h11-14,18,21,27-28H,6-10,15-17H2,1-5H3/b24-18-. The Morgan fingerprint density at radius 2 is 1.89 bits per heavy atom. The van der Waals surface area contributed by atoms with E-state index >= 15 is 0 Å². The molecule has 0 bridgehead atoms. The SMILES string of the molecule is CCN/C(=C/S(=O)(=O)c1ccccc1Br)NCCSCc1nc(C(CC)N(CC)CC)sc1CC. The van der Waals surface area contributed by atoms with Gasteiger partial charge in [0.15, 0.2) is 0 Å². The molecule has 10 heteroatoms. The van der Waals surface area contributed by atoms with Crippen LogP contribution in [0.5, 0.6) is 0 Å². The molecule has 1 aromatic heterocycles.